The highest BCUT2D eigenvalue weighted by Gasteiger charge is 2.25. The number of aromatic nitrogens is 3. The Balaban J connectivity index is 2.10. The van der Waals surface area contributed by atoms with Gasteiger partial charge in [-0.25, -0.2) is 4.98 Å². The van der Waals surface area contributed by atoms with Crippen LogP contribution in [0, 0.1) is 0 Å². The van der Waals surface area contributed by atoms with Crippen LogP contribution in [0.5, 0.6) is 0 Å². The minimum absolute atomic E-state index is 0.0917. The molecule has 2 aromatic rings. The molecule has 1 saturated carbocycles. The lowest BCUT2D eigenvalue weighted by Gasteiger charge is -2.28. The Hall–Kier alpha value is -1.62. The SMILES string of the molecule is O=c1c2[nH]ccc2ncn1[C@H]1CCCC[C@@H]1O. The van der Waals surface area contributed by atoms with Crippen LogP contribution >= 0.6 is 0 Å². The van der Waals surface area contributed by atoms with Crippen LogP contribution in [-0.4, -0.2) is 25.7 Å². The molecule has 0 unspecified atom stereocenters. The van der Waals surface area contributed by atoms with Gasteiger partial charge in [-0.2, -0.15) is 0 Å². The van der Waals surface area contributed by atoms with Crippen LogP contribution in [0.4, 0.5) is 0 Å². The first-order valence-corrected chi connectivity index (χ1v) is 5.99. The van der Waals surface area contributed by atoms with Crippen molar-refractivity contribution < 1.29 is 5.11 Å². The Morgan fingerprint density at radius 3 is 3.06 bits per heavy atom. The molecule has 17 heavy (non-hydrogen) atoms. The summed E-state index contributed by atoms with van der Waals surface area (Å²) in [5, 5.41) is 9.97. The van der Waals surface area contributed by atoms with Gasteiger partial charge in [0.2, 0.25) is 0 Å². The number of hydrogen-bond acceptors (Lipinski definition) is 3. The molecule has 2 atom stereocenters. The summed E-state index contributed by atoms with van der Waals surface area (Å²) >= 11 is 0. The standard InChI is InChI=1S/C12H15N3O2/c16-10-4-2-1-3-9(10)15-7-14-8-5-6-13-11(8)12(15)17/h5-7,9-10,13,16H,1-4H2/t9-,10-/m0/s1. The van der Waals surface area contributed by atoms with E-state index in [1.165, 1.54) is 0 Å². The summed E-state index contributed by atoms with van der Waals surface area (Å²) in [5.74, 6) is 0. The molecule has 0 radical (unpaired) electrons. The number of aliphatic hydroxyl groups excluding tert-OH is 1. The third kappa shape index (κ3) is 1.67. The van der Waals surface area contributed by atoms with Crippen LogP contribution in [0.2, 0.25) is 0 Å². The minimum atomic E-state index is -0.435. The minimum Gasteiger partial charge on any atom is -0.391 e. The van der Waals surface area contributed by atoms with Gasteiger partial charge >= 0.3 is 0 Å². The largest absolute Gasteiger partial charge is 0.391 e. The van der Waals surface area contributed by atoms with E-state index < -0.39 is 6.10 Å². The lowest BCUT2D eigenvalue weighted by Crippen LogP contribution is -2.34. The van der Waals surface area contributed by atoms with Crippen molar-refractivity contribution in [2.45, 2.75) is 37.8 Å². The highest BCUT2D eigenvalue weighted by atomic mass is 16.3. The van der Waals surface area contributed by atoms with Crippen molar-refractivity contribution in [1.29, 1.82) is 0 Å². The van der Waals surface area contributed by atoms with Gasteiger partial charge in [0, 0.05) is 6.20 Å². The predicted molar refractivity (Wildman–Crippen MR) is 63.9 cm³/mol. The molecule has 0 bridgehead atoms. The van der Waals surface area contributed by atoms with Gasteiger partial charge in [0.05, 0.1) is 24.0 Å². The zero-order chi connectivity index (χ0) is 11.8. The number of rotatable bonds is 1. The molecule has 1 aliphatic carbocycles. The Morgan fingerprint density at radius 2 is 2.24 bits per heavy atom. The molecule has 2 heterocycles. The van der Waals surface area contributed by atoms with Crippen molar-refractivity contribution in [3.05, 3.63) is 28.9 Å². The molecule has 1 aliphatic rings. The van der Waals surface area contributed by atoms with E-state index in [-0.39, 0.29) is 11.6 Å². The van der Waals surface area contributed by atoms with Crippen molar-refractivity contribution in [2.75, 3.05) is 0 Å². The van der Waals surface area contributed by atoms with Crippen LogP contribution < -0.4 is 5.56 Å². The van der Waals surface area contributed by atoms with E-state index in [9.17, 15) is 9.90 Å². The molecule has 1 fully saturated rings. The van der Waals surface area contributed by atoms with Crippen LogP contribution in [-0.2, 0) is 0 Å². The summed E-state index contributed by atoms with van der Waals surface area (Å²) < 4.78 is 1.57. The Bertz CT molecular complexity index is 587. The normalized spacial score (nSPS) is 25.2. The summed E-state index contributed by atoms with van der Waals surface area (Å²) in [5.41, 5.74) is 1.10. The quantitative estimate of drug-likeness (QED) is 0.777. The van der Waals surface area contributed by atoms with Gasteiger partial charge in [0.25, 0.3) is 5.56 Å². The second-order valence-electron chi connectivity index (χ2n) is 4.61. The molecule has 2 N–H and O–H groups in total. The van der Waals surface area contributed by atoms with E-state index >= 15 is 0 Å². The van der Waals surface area contributed by atoms with Crippen LogP contribution in [0.25, 0.3) is 11.0 Å². The Morgan fingerprint density at radius 1 is 1.41 bits per heavy atom. The first kappa shape index (κ1) is 10.5. The lowest BCUT2D eigenvalue weighted by molar-refractivity contribution is 0.0735. The molecular weight excluding hydrogens is 218 g/mol. The number of nitrogens with zero attached hydrogens (tertiary/aromatic N) is 2. The molecule has 5 nitrogen and oxygen atoms in total. The zero-order valence-electron chi connectivity index (χ0n) is 9.47. The molecule has 0 amide bonds. The second-order valence-corrected chi connectivity index (χ2v) is 4.61. The summed E-state index contributed by atoms with van der Waals surface area (Å²) in [7, 11) is 0. The first-order chi connectivity index (χ1) is 8.27. The number of nitrogens with one attached hydrogen (secondary N) is 1. The van der Waals surface area contributed by atoms with E-state index in [1.807, 2.05) is 0 Å². The molecule has 5 heteroatoms. The fourth-order valence-corrected chi connectivity index (χ4v) is 2.60. The van der Waals surface area contributed by atoms with Gasteiger partial charge in [-0.1, -0.05) is 12.8 Å². The summed E-state index contributed by atoms with van der Waals surface area (Å²) in [6.07, 6.45) is 6.52. The fraction of sp³-hybridized carbons (Fsp3) is 0.500. The van der Waals surface area contributed by atoms with Gasteiger partial charge in [-0.3, -0.25) is 9.36 Å². The van der Waals surface area contributed by atoms with Gasteiger partial charge in [-0.05, 0) is 18.9 Å². The first-order valence-electron chi connectivity index (χ1n) is 5.99. The Labute approximate surface area is 98.1 Å². The van der Waals surface area contributed by atoms with Crippen molar-refractivity contribution >= 4 is 11.0 Å². The van der Waals surface area contributed by atoms with Crippen molar-refractivity contribution in [3.63, 3.8) is 0 Å². The summed E-state index contributed by atoms with van der Waals surface area (Å²) in [4.78, 5) is 19.4. The second kappa shape index (κ2) is 4.00. The number of aromatic amines is 1. The monoisotopic (exact) mass is 233 g/mol. The van der Waals surface area contributed by atoms with E-state index in [1.54, 1.807) is 23.2 Å². The van der Waals surface area contributed by atoms with E-state index in [4.69, 9.17) is 0 Å². The average Bonchev–Trinajstić information content (AvgIpc) is 2.80. The predicted octanol–water partition coefficient (Wildman–Crippen LogP) is 1.20. The third-order valence-electron chi connectivity index (χ3n) is 3.55. The fourth-order valence-electron chi connectivity index (χ4n) is 2.60. The van der Waals surface area contributed by atoms with E-state index in [2.05, 4.69) is 9.97 Å². The molecule has 3 rings (SSSR count). The van der Waals surface area contributed by atoms with Crippen LogP contribution in [0.15, 0.2) is 23.4 Å². The number of hydrogen-bond donors (Lipinski definition) is 2. The zero-order valence-corrected chi connectivity index (χ0v) is 9.47. The maximum atomic E-state index is 12.2. The van der Waals surface area contributed by atoms with Gasteiger partial charge in [0.1, 0.15) is 5.52 Å². The maximum Gasteiger partial charge on any atom is 0.277 e. The lowest BCUT2D eigenvalue weighted by atomic mass is 9.92. The van der Waals surface area contributed by atoms with E-state index in [0.29, 0.717) is 11.0 Å². The van der Waals surface area contributed by atoms with Gasteiger partial charge in [0.15, 0.2) is 0 Å². The number of aliphatic hydroxyl groups is 1. The highest BCUT2D eigenvalue weighted by Crippen LogP contribution is 2.27. The number of fused-ring (bicyclic) bond motifs is 1. The average molecular weight is 233 g/mol. The molecule has 0 saturated heterocycles. The van der Waals surface area contributed by atoms with Gasteiger partial charge in [-0.15, -0.1) is 0 Å². The van der Waals surface area contributed by atoms with Gasteiger partial charge < -0.3 is 10.1 Å². The number of H-pyrrole nitrogens is 1. The smallest absolute Gasteiger partial charge is 0.277 e. The van der Waals surface area contributed by atoms with Crippen molar-refractivity contribution in [3.8, 4) is 0 Å². The topological polar surface area (TPSA) is 70.9 Å². The third-order valence-corrected chi connectivity index (χ3v) is 3.55. The highest BCUT2D eigenvalue weighted by molar-refractivity contribution is 5.73. The molecular formula is C12H15N3O2. The molecule has 90 valence electrons. The van der Waals surface area contributed by atoms with Crippen molar-refractivity contribution in [1.82, 2.24) is 14.5 Å². The maximum absolute atomic E-state index is 12.2. The molecule has 0 aromatic carbocycles. The van der Waals surface area contributed by atoms with E-state index in [0.717, 1.165) is 25.7 Å². The summed E-state index contributed by atoms with van der Waals surface area (Å²) in [6.45, 7) is 0. The molecule has 0 aliphatic heterocycles. The van der Waals surface area contributed by atoms with Crippen molar-refractivity contribution in [2.24, 2.45) is 0 Å². The summed E-state index contributed by atoms with van der Waals surface area (Å²) in [6, 6.07) is 1.65. The molecule has 2 aromatic heterocycles. The Kier molecular flexibility index (Phi) is 2.48. The van der Waals surface area contributed by atoms with Crippen LogP contribution in [0.3, 0.4) is 0 Å². The molecule has 0 spiro atoms. The van der Waals surface area contributed by atoms with Crippen LogP contribution in [0.1, 0.15) is 31.7 Å².